The molecule has 0 saturated carbocycles. The molecule has 1 aromatic heterocycles. The molecule has 0 spiro atoms. The van der Waals surface area contributed by atoms with Crippen LogP contribution in [-0.4, -0.2) is 37.2 Å². The molecule has 0 N–H and O–H groups in total. The van der Waals surface area contributed by atoms with Gasteiger partial charge in [-0.1, -0.05) is 68.2 Å². The number of nitrogens with zero attached hydrogens (tertiary/aromatic N) is 3. The monoisotopic (exact) mass is 479 g/mol. The van der Waals surface area contributed by atoms with E-state index in [9.17, 15) is 4.79 Å². The average Bonchev–Trinajstić information content (AvgIpc) is 3.35. The first kappa shape index (κ1) is 22.8. The van der Waals surface area contributed by atoms with E-state index < -0.39 is 0 Å². The van der Waals surface area contributed by atoms with Crippen LogP contribution in [0.1, 0.15) is 32.3 Å². The summed E-state index contributed by atoms with van der Waals surface area (Å²) < 4.78 is 2.49. The number of hydrogen-bond acceptors (Lipinski definition) is 5. The van der Waals surface area contributed by atoms with Gasteiger partial charge in [-0.2, -0.15) is 5.10 Å². The molecule has 7 heteroatoms. The van der Waals surface area contributed by atoms with E-state index in [2.05, 4.69) is 31.2 Å². The molecule has 164 valence electrons. The predicted octanol–water partition coefficient (Wildman–Crippen LogP) is 6.65. The summed E-state index contributed by atoms with van der Waals surface area (Å²) in [6.45, 7) is 4.88. The minimum atomic E-state index is -0.0217. The van der Waals surface area contributed by atoms with Crippen molar-refractivity contribution in [2.45, 2.75) is 31.6 Å². The smallest absolute Gasteiger partial charge is 0.266 e. The van der Waals surface area contributed by atoms with E-state index in [-0.39, 0.29) is 5.91 Å². The first-order chi connectivity index (χ1) is 15.6. The lowest BCUT2D eigenvalue weighted by Crippen LogP contribution is -2.28. The number of hydrogen-bond donors (Lipinski definition) is 0. The zero-order valence-electron chi connectivity index (χ0n) is 18.2. The van der Waals surface area contributed by atoms with Crippen molar-refractivity contribution in [3.8, 4) is 16.9 Å². The summed E-state index contributed by atoms with van der Waals surface area (Å²) in [5.74, 6) is 1.08. The molecule has 1 amide bonds. The van der Waals surface area contributed by atoms with Crippen LogP contribution in [0.4, 0.5) is 0 Å². The Hall–Kier alpha value is -2.35. The van der Waals surface area contributed by atoms with Gasteiger partial charge in [-0.15, -0.1) is 11.8 Å². The highest BCUT2D eigenvalue weighted by Crippen LogP contribution is 2.35. The maximum atomic E-state index is 12.9. The van der Waals surface area contributed by atoms with Gasteiger partial charge in [0.25, 0.3) is 5.91 Å². The summed E-state index contributed by atoms with van der Waals surface area (Å²) in [5.41, 5.74) is 3.75. The molecule has 1 fully saturated rings. The molecule has 0 radical (unpaired) electrons. The summed E-state index contributed by atoms with van der Waals surface area (Å²) in [5, 5.41) is 4.88. The van der Waals surface area contributed by atoms with Gasteiger partial charge < -0.3 is 0 Å². The van der Waals surface area contributed by atoms with Crippen LogP contribution in [0.15, 0.2) is 70.6 Å². The second-order valence-electron chi connectivity index (χ2n) is 7.42. The van der Waals surface area contributed by atoms with Crippen molar-refractivity contribution in [1.29, 1.82) is 0 Å². The van der Waals surface area contributed by atoms with Crippen molar-refractivity contribution in [3.05, 3.63) is 71.3 Å². The van der Waals surface area contributed by atoms with Gasteiger partial charge >= 0.3 is 0 Å². The van der Waals surface area contributed by atoms with E-state index in [0.29, 0.717) is 15.8 Å². The van der Waals surface area contributed by atoms with Crippen LogP contribution in [0, 0.1) is 0 Å². The number of thiocarbonyl (C=S) groups is 1. The third kappa shape index (κ3) is 5.00. The Bertz CT molecular complexity index is 1140. The Labute approximate surface area is 203 Å². The SMILES string of the molecule is CCCSc1ccc(-c2nn(-c3ccccc3)cc2C=C2SC(=S)N(CCC)C2=O)cc1. The van der Waals surface area contributed by atoms with E-state index >= 15 is 0 Å². The maximum absolute atomic E-state index is 12.9. The fourth-order valence-corrected chi connectivity index (χ4v) is 5.48. The zero-order chi connectivity index (χ0) is 22.5. The number of thioether (sulfide) groups is 2. The lowest BCUT2D eigenvalue weighted by Gasteiger charge is -2.11. The van der Waals surface area contributed by atoms with Gasteiger partial charge in [0.05, 0.1) is 16.3 Å². The lowest BCUT2D eigenvalue weighted by atomic mass is 10.1. The van der Waals surface area contributed by atoms with Crippen LogP contribution in [0.3, 0.4) is 0 Å². The second-order valence-corrected chi connectivity index (χ2v) is 10.3. The summed E-state index contributed by atoms with van der Waals surface area (Å²) >= 11 is 8.66. The number of benzene rings is 2. The van der Waals surface area contributed by atoms with Crippen LogP contribution < -0.4 is 0 Å². The molecule has 2 heterocycles. The van der Waals surface area contributed by atoms with E-state index in [1.54, 1.807) is 4.90 Å². The molecule has 32 heavy (non-hydrogen) atoms. The molecule has 1 aliphatic rings. The highest BCUT2D eigenvalue weighted by Gasteiger charge is 2.31. The predicted molar refractivity (Wildman–Crippen MR) is 140 cm³/mol. The Morgan fingerprint density at radius 3 is 2.50 bits per heavy atom. The van der Waals surface area contributed by atoms with Crippen LogP contribution in [0.2, 0.25) is 0 Å². The van der Waals surface area contributed by atoms with Crippen LogP contribution >= 0.6 is 35.7 Å². The Kier molecular flexibility index (Phi) is 7.50. The van der Waals surface area contributed by atoms with E-state index in [4.69, 9.17) is 17.3 Å². The van der Waals surface area contributed by atoms with Crippen molar-refractivity contribution >= 4 is 52.0 Å². The normalized spacial score (nSPS) is 15.2. The largest absolute Gasteiger partial charge is 0.293 e. The number of aromatic nitrogens is 2. The molecule has 0 atom stereocenters. The lowest BCUT2D eigenvalue weighted by molar-refractivity contribution is -0.122. The number of para-hydroxylation sites is 1. The quantitative estimate of drug-likeness (QED) is 0.205. The molecule has 1 aliphatic heterocycles. The third-order valence-corrected chi connectivity index (χ3v) is 7.57. The van der Waals surface area contributed by atoms with Crippen LogP contribution in [0.25, 0.3) is 23.0 Å². The maximum Gasteiger partial charge on any atom is 0.266 e. The van der Waals surface area contributed by atoms with Crippen molar-refractivity contribution in [2.24, 2.45) is 0 Å². The van der Waals surface area contributed by atoms with Crippen molar-refractivity contribution in [3.63, 3.8) is 0 Å². The van der Waals surface area contributed by atoms with Gasteiger partial charge in [-0.05, 0) is 48.9 Å². The number of amides is 1. The number of carbonyl (C=O) groups excluding carboxylic acids is 1. The highest BCUT2D eigenvalue weighted by atomic mass is 32.2. The van der Waals surface area contributed by atoms with E-state index in [1.807, 2.05) is 66.0 Å². The molecular formula is C25H25N3OS3. The standard InChI is InChI=1S/C25H25N3OS3/c1-3-14-27-24(29)22(32-25(27)30)16-19-17-28(20-8-6-5-7-9-20)26-23(19)18-10-12-21(13-11-18)31-15-4-2/h5-13,16-17H,3-4,14-15H2,1-2H3. The second kappa shape index (κ2) is 10.5. The number of carbonyl (C=O) groups is 1. The fourth-order valence-electron chi connectivity index (χ4n) is 3.42. The van der Waals surface area contributed by atoms with Gasteiger partial charge in [0.15, 0.2) is 0 Å². The Morgan fingerprint density at radius 2 is 1.81 bits per heavy atom. The minimum absolute atomic E-state index is 0.0217. The molecule has 0 bridgehead atoms. The van der Waals surface area contributed by atoms with Gasteiger partial charge in [0.2, 0.25) is 0 Å². The molecule has 2 aromatic carbocycles. The first-order valence-electron chi connectivity index (χ1n) is 10.7. The van der Waals surface area contributed by atoms with Crippen LogP contribution in [0.5, 0.6) is 0 Å². The fraction of sp³-hybridized carbons (Fsp3) is 0.240. The van der Waals surface area contributed by atoms with Gasteiger partial charge in [-0.25, -0.2) is 4.68 Å². The Balaban J connectivity index is 1.73. The first-order valence-corrected chi connectivity index (χ1v) is 13.0. The summed E-state index contributed by atoms with van der Waals surface area (Å²) in [7, 11) is 0. The van der Waals surface area contributed by atoms with Gasteiger partial charge in [0.1, 0.15) is 4.32 Å². The van der Waals surface area contributed by atoms with Crippen molar-refractivity contribution in [1.82, 2.24) is 14.7 Å². The highest BCUT2D eigenvalue weighted by molar-refractivity contribution is 8.26. The summed E-state index contributed by atoms with van der Waals surface area (Å²) in [6.07, 6.45) is 5.93. The molecule has 4 rings (SSSR count). The molecule has 0 aliphatic carbocycles. The minimum Gasteiger partial charge on any atom is -0.293 e. The average molecular weight is 480 g/mol. The molecule has 1 saturated heterocycles. The van der Waals surface area contributed by atoms with Gasteiger partial charge in [0, 0.05) is 28.8 Å². The topological polar surface area (TPSA) is 38.1 Å². The van der Waals surface area contributed by atoms with E-state index in [0.717, 1.165) is 41.1 Å². The zero-order valence-corrected chi connectivity index (χ0v) is 20.6. The van der Waals surface area contributed by atoms with Gasteiger partial charge in [-0.3, -0.25) is 9.69 Å². The number of rotatable bonds is 8. The third-order valence-electron chi connectivity index (χ3n) is 4.97. The summed E-state index contributed by atoms with van der Waals surface area (Å²) in [4.78, 5) is 16.5. The molecule has 4 nitrogen and oxygen atoms in total. The summed E-state index contributed by atoms with van der Waals surface area (Å²) in [6, 6.07) is 18.5. The van der Waals surface area contributed by atoms with E-state index in [1.165, 1.54) is 16.7 Å². The van der Waals surface area contributed by atoms with Crippen molar-refractivity contribution in [2.75, 3.05) is 12.3 Å². The molecule has 3 aromatic rings. The molecule has 0 unspecified atom stereocenters. The Morgan fingerprint density at radius 1 is 1.06 bits per heavy atom. The van der Waals surface area contributed by atoms with Crippen molar-refractivity contribution < 1.29 is 4.79 Å². The molecular weight excluding hydrogens is 454 g/mol. The van der Waals surface area contributed by atoms with Crippen LogP contribution in [-0.2, 0) is 4.79 Å².